The van der Waals surface area contributed by atoms with Gasteiger partial charge in [0.1, 0.15) is 5.56 Å². The first-order chi connectivity index (χ1) is 12.8. The average molecular weight is 391 g/mol. The van der Waals surface area contributed by atoms with E-state index in [9.17, 15) is 19.7 Å². The molecule has 0 aliphatic rings. The summed E-state index contributed by atoms with van der Waals surface area (Å²) in [6.07, 6.45) is 0.903. The maximum Gasteiger partial charge on any atom is 0.345 e. The van der Waals surface area contributed by atoms with Crippen LogP contribution in [-0.2, 0) is 9.53 Å². The predicted octanol–water partition coefficient (Wildman–Crippen LogP) is 4.56. The number of carbonyl (C=O) groups excluding carboxylic acids is 2. The van der Waals surface area contributed by atoms with Crippen LogP contribution in [0.15, 0.2) is 42.5 Å². The van der Waals surface area contributed by atoms with Crippen molar-refractivity contribution in [2.75, 3.05) is 11.9 Å². The number of hydrogen-bond acceptors (Lipinski definition) is 5. The number of nitrogens with zero attached hydrogens (tertiary/aromatic N) is 1. The summed E-state index contributed by atoms with van der Waals surface area (Å²) in [4.78, 5) is 34.6. The van der Waals surface area contributed by atoms with Crippen molar-refractivity contribution in [1.29, 1.82) is 0 Å². The molecule has 0 fully saturated rings. The third-order valence-corrected chi connectivity index (χ3v) is 4.32. The molecule has 0 aromatic heterocycles. The van der Waals surface area contributed by atoms with E-state index >= 15 is 0 Å². The third kappa shape index (κ3) is 5.27. The number of nitro benzene ring substituents is 1. The van der Waals surface area contributed by atoms with Crippen LogP contribution < -0.4 is 5.32 Å². The van der Waals surface area contributed by atoms with E-state index in [1.807, 2.05) is 26.0 Å². The zero-order chi connectivity index (χ0) is 20.0. The summed E-state index contributed by atoms with van der Waals surface area (Å²) in [7, 11) is 0. The highest BCUT2D eigenvalue weighted by molar-refractivity contribution is 6.31. The molecular weight excluding hydrogens is 372 g/mol. The van der Waals surface area contributed by atoms with Gasteiger partial charge in [-0.25, -0.2) is 4.79 Å². The molecule has 27 heavy (non-hydrogen) atoms. The first kappa shape index (κ1) is 20.4. The molecular formula is C19H19ClN2O5. The van der Waals surface area contributed by atoms with E-state index in [0.29, 0.717) is 5.69 Å². The van der Waals surface area contributed by atoms with E-state index in [2.05, 4.69) is 5.32 Å². The Labute approximate surface area is 161 Å². The summed E-state index contributed by atoms with van der Waals surface area (Å²) >= 11 is 5.79. The van der Waals surface area contributed by atoms with E-state index in [-0.39, 0.29) is 16.5 Å². The lowest BCUT2D eigenvalue weighted by Gasteiger charge is -2.15. The highest BCUT2D eigenvalue weighted by Crippen LogP contribution is 2.26. The molecule has 0 heterocycles. The molecule has 1 atom stereocenters. The molecule has 8 heteroatoms. The van der Waals surface area contributed by atoms with Gasteiger partial charge in [0.25, 0.3) is 11.6 Å². The Kier molecular flexibility index (Phi) is 6.90. The van der Waals surface area contributed by atoms with E-state index in [1.54, 1.807) is 12.1 Å². The van der Waals surface area contributed by atoms with Gasteiger partial charge in [-0.2, -0.15) is 0 Å². The van der Waals surface area contributed by atoms with Gasteiger partial charge in [0.2, 0.25) is 0 Å². The predicted molar refractivity (Wildman–Crippen MR) is 102 cm³/mol. The van der Waals surface area contributed by atoms with Crippen molar-refractivity contribution in [3.63, 3.8) is 0 Å². The molecule has 0 saturated carbocycles. The monoisotopic (exact) mass is 390 g/mol. The fraction of sp³-hybridized carbons (Fsp3) is 0.263. The topological polar surface area (TPSA) is 98.5 Å². The number of nitro groups is 1. The van der Waals surface area contributed by atoms with Crippen LogP contribution in [0.2, 0.25) is 5.02 Å². The van der Waals surface area contributed by atoms with Gasteiger partial charge < -0.3 is 10.1 Å². The quantitative estimate of drug-likeness (QED) is 0.424. The zero-order valence-electron chi connectivity index (χ0n) is 14.9. The number of hydrogen-bond donors (Lipinski definition) is 1. The number of nitrogens with one attached hydrogen (secondary N) is 1. The van der Waals surface area contributed by atoms with Crippen LogP contribution in [-0.4, -0.2) is 23.4 Å². The van der Waals surface area contributed by atoms with Crippen LogP contribution in [0, 0.1) is 10.1 Å². The number of anilines is 1. The molecule has 0 bridgehead atoms. The molecule has 0 radical (unpaired) electrons. The minimum absolute atomic E-state index is 0.152. The Hall–Kier alpha value is -2.93. The number of amides is 1. The molecule has 2 aromatic rings. The zero-order valence-corrected chi connectivity index (χ0v) is 15.7. The molecule has 7 nitrogen and oxygen atoms in total. The maximum absolute atomic E-state index is 12.1. The summed E-state index contributed by atoms with van der Waals surface area (Å²) < 4.78 is 4.92. The van der Waals surface area contributed by atoms with Gasteiger partial charge >= 0.3 is 5.97 Å². The fourth-order valence-electron chi connectivity index (χ4n) is 2.49. The summed E-state index contributed by atoms with van der Waals surface area (Å²) in [5.74, 6) is -1.28. The molecule has 0 saturated heterocycles. The first-order valence-electron chi connectivity index (χ1n) is 8.33. The second-order valence-corrected chi connectivity index (χ2v) is 6.38. The number of ether oxygens (including phenoxy) is 1. The molecule has 0 unspecified atom stereocenters. The molecule has 0 spiro atoms. The number of rotatable bonds is 7. The Morgan fingerprint density at radius 3 is 2.63 bits per heavy atom. The third-order valence-electron chi connectivity index (χ3n) is 4.09. The van der Waals surface area contributed by atoms with E-state index in [4.69, 9.17) is 16.3 Å². The molecule has 2 aromatic carbocycles. The normalized spacial score (nSPS) is 11.5. The second kappa shape index (κ2) is 9.14. The Morgan fingerprint density at radius 1 is 1.26 bits per heavy atom. The molecule has 142 valence electrons. The van der Waals surface area contributed by atoms with E-state index in [1.165, 1.54) is 6.07 Å². The fourth-order valence-corrected chi connectivity index (χ4v) is 2.66. The van der Waals surface area contributed by atoms with Gasteiger partial charge in [0.05, 0.1) is 4.92 Å². The minimum atomic E-state index is -0.991. The van der Waals surface area contributed by atoms with Crippen molar-refractivity contribution in [3.05, 3.63) is 68.7 Å². The molecule has 2 rings (SSSR count). The summed E-state index contributed by atoms with van der Waals surface area (Å²) in [6, 6.07) is 10.9. The number of para-hydroxylation sites is 1. The minimum Gasteiger partial charge on any atom is -0.452 e. The van der Waals surface area contributed by atoms with Gasteiger partial charge in [0.15, 0.2) is 6.61 Å². The van der Waals surface area contributed by atoms with Crippen LogP contribution in [0.3, 0.4) is 0 Å². The Bertz CT molecular complexity index is 869. The van der Waals surface area contributed by atoms with Crippen LogP contribution in [0.1, 0.15) is 42.1 Å². The lowest BCUT2D eigenvalue weighted by molar-refractivity contribution is -0.385. The van der Waals surface area contributed by atoms with Crippen LogP contribution in [0.25, 0.3) is 0 Å². The lowest BCUT2D eigenvalue weighted by Crippen LogP contribution is -2.22. The summed E-state index contributed by atoms with van der Waals surface area (Å²) in [5.41, 5.74) is 0.874. The van der Waals surface area contributed by atoms with Crippen molar-refractivity contribution in [3.8, 4) is 0 Å². The van der Waals surface area contributed by atoms with Crippen molar-refractivity contribution in [2.24, 2.45) is 0 Å². The SMILES string of the molecule is CC[C@@H](C)c1ccccc1NC(=O)COC(=O)c1cc(Cl)ccc1[N+](=O)[O-]. The first-order valence-corrected chi connectivity index (χ1v) is 8.71. The van der Waals surface area contributed by atoms with Gasteiger partial charge in [-0.05, 0) is 36.1 Å². The van der Waals surface area contributed by atoms with Crippen molar-refractivity contribution < 1.29 is 19.2 Å². The largest absolute Gasteiger partial charge is 0.452 e. The van der Waals surface area contributed by atoms with E-state index < -0.39 is 29.1 Å². The standard InChI is InChI=1S/C19H19ClN2O5/c1-3-12(2)14-6-4-5-7-16(14)21-18(23)11-27-19(24)15-10-13(20)8-9-17(15)22(25)26/h4-10,12H,3,11H2,1-2H3,(H,21,23)/t12-/m1/s1. The van der Waals surface area contributed by atoms with Crippen LogP contribution in [0.5, 0.6) is 0 Å². The lowest BCUT2D eigenvalue weighted by atomic mass is 9.97. The molecule has 1 amide bonds. The van der Waals surface area contributed by atoms with Crippen molar-refractivity contribution in [2.45, 2.75) is 26.2 Å². The van der Waals surface area contributed by atoms with Crippen molar-refractivity contribution >= 4 is 34.9 Å². The van der Waals surface area contributed by atoms with Gasteiger partial charge in [-0.3, -0.25) is 14.9 Å². The number of carbonyl (C=O) groups is 2. The Morgan fingerprint density at radius 2 is 1.96 bits per heavy atom. The summed E-state index contributed by atoms with van der Waals surface area (Å²) in [6.45, 7) is 3.52. The average Bonchev–Trinajstić information content (AvgIpc) is 2.65. The number of benzene rings is 2. The van der Waals surface area contributed by atoms with Gasteiger partial charge in [-0.1, -0.05) is 43.6 Å². The molecule has 0 aliphatic carbocycles. The highest BCUT2D eigenvalue weighted by atomic mass is 35.5. The van der Waals surface area contributed by atoms with Gasteiger partial charge in [-0.15, -0.1) is 0 Å². The van der Waals surface area contributed by atoms with Crippen LogP contribution >= 0.6 is 11.6 Å². The number of halogens is 1. The summed E-state index contributed by atoms with van der Waals surface area (Å²) in [5, 5.41) is 13.9. The number of esters is 1. The highest BCUT2D eigenvalue weighted by Gasteiger charge is 2.22. The van der Waals surface area contributed by atoms with E-state index in [0.717, 1.165) is 24.1 Å². The Balaban J connectivity index is 2.06. The molecule has 1 N–H and O–H groups in total. The smallest absolute Gasteiger partial charge is 0.345 e. The van der Waals surface area contributed by atoms with Crippen LogP contribution in [0.4, 0.5) is 11.4 Å². The maximum atomic E-state index is 12.1. The van der Waals surface area contributed by atoms with Gasteiger partial charge in [0, 0.05) is 16.8 Å². The molecule has 0 aliphatic heterocycles. The second-order valence-electron chi connectivity index (χ2n) is 5.94. The van der Waals surface area contributed by atoms with Crippen molar-refractivity contribution in [1.82, 2.24) is 0 Å².